The third kappa shape index (κ3) is 4.16. The summed E-state index contributed by atoms with van der Waals surface area (Å²) in [5.41, 5.74) is 2.56. The second-order valence-corrected chi connectivity index (χ2v) is 6.95. The average Bonchev–Trinajstić information content (AvgIpc) is 3.50. The van der Waals surface area contributed by atoms with Crippen LogP contribution < -0.4 is 14.8 Å². The van der Waals surface area contributed by atoms with Gasteiger partial charge in [0, 0.05) is 11.8 Å². The fraction of sp³-hybridized carbons (Fsp3) is 0.167. The maximum Gasteiger partial charge on any atom is 0.255 e. The number of amides is 1. The molecule has 2 heterocycles. The molecular formula is C24H23N3O4. The number of furan rings is 1. The first kappa shape index (κ1) is 20.3. The molecule has 0 radical (unpaired) electrons. The lowest BCUT2D eigenvalue weighted by Crippen LogP contribution is -2.26. The van der Waals surface area contributed by atoms with Gasteiger partial charge in [-0.3, -0.25) is 4.79 Å². The van der Waals surface area contributed by atoms with Crippen molar-refractivity contribution in [2.45, 2.75) is 13.0 Å². The number of hydrogen-bond donors (Lipinski definition) is 1. The number of methoxy groups -OCH3 is 2. The Hall–Kier alpha value is -4.00. The standard InChI is InChI=1S/C24H23N3O4/c1-16(20-10-7-13-31-20)25-24(28)19-15-27(18-8-5-4-6-9-18)26-23(19)17-11-12-21(29-2)22(14-17)30-3/h4-16H,1-3H3,(H,25,28)/t16-/m1/s1. The molecule has 0 aliphatic heterocycles. The fourth-order valence-electron chi connectivity index (χ4n) is 3.33. The predicted molar refractivity (Wildman–Crippen MR) is 117 cm³/mol. The Kier molecular flexibility index (Phi) is 5.75. The van der Waals surface area contributed by atoms with Crippen molar-refractivity contribution >= 4 is 5.91 Å². The van der Waals surface area contributed by atoms with Crippen LogP contribution in [0.15, 0.2) is 77.5 Å². The number of para-hydroxylation sites is 1. The van der Waals surface area contributed by atoms with Crippen LogP contribution in [0.25, 0.3) is 16.9 Å². The molecule has 4 rings (SSSR count). The lowest BCUT2D eigenvalue weighted by molar-refractivity contribution is 0.0936. The summed E-state index contributed by atoms with van der Waals surface area (Å²) < 4.78 is 17.9. The van der Waals surface area contributed by atoms with Gasteiger partial charge < -0.3 is 19.2 Å². The Morgan fingerprint density at radius 3 is 2.48 bits per heavy atom. The SMILES string of the molecule is COc1ccc(-c2nn(-c3ccccc3)cc2C(=O)N[C@H](C)c2ccco2)cc1OC. The van der Waals surface area contributed by atoms with E-state index in [0.717, 1.165) is 11.3 Å². The highest BCUT2D eigenvalue weighted by Crippen LogP contribution is 2.33. The number of nitrogens with one attached hydrogen (secondary N) is 1. The monoisotopic (exact) mass is 417 g/mol. The van der Waals surface area contributed by atoms with E-state index in [0.29, 0.717) is 28.5 Å². The maximum atomic E-state index is 13.2. The lowest BCUT2D eigenvalue weighted by Gasteiger charge is -2.12. The summed E-state index contributed by atoms with van der Waals surface area (Å²) in [4.78, 5) is 13.2. The van der Waals surface area contributed by atoms with E-state index in [1.807, 2.05) is 55.5 Å². The molecule has 7 heteroatoms. The van der Waals surface area contributed by atoms with Crippen molar-refractivity contribution < 1.29 is 18.7 Å². The van der Waals surface area contributed by atoms with Crippen molar-refractivity contribution in [2.24, 2.45) is 0 Å². The summed E-state index contributed by atoms with van der Waals surface area (Å²) >= 11 is 0. The van der Waals surface area contributed by atoms with Gasteiger partial charge in [0.2, 0.25) is 0 Å². The van der Waals surface area contributed by atoms with Crippen LogP contribution in [0, 0.1) is 0 Å². The van der Waals surface area contributed by atoms with E-state index < -0.39 is 0 Å². The van der Waals surface area contributed by atoms with Crippen LogP contribution >= 0.6 is 0 Å². The van der Waals surface area contributed by atoms with Crippen LogP contribution in [0.3, 0.4) is 0 Å². The van der Waals surface area contributed by atoms with E-state index in [2.05, 4.69) is 5.32 Å². The van der Waals surface area contributed by atoms with Gasteiger partial charge in [-0.15, -0.1) is 0 Å². The van der Waals surface area contributed by atoms with Crippen molar-refractivity contribution in [3.05, 3.63) is 84.4 Å². The molecule has 0 unspecified atom stereocenters. The number of hydrogen-bond acceptors (Lipinski definition) is 5. The molecule has 2 aromatic carbocycles. The Labute approximate surface area is 180 Å². The Bertz CT molecular complexity index is 1170. The van der Waals surface area contributed by atoms with E-state index in [1.54, 1.807) is 43.5 Å². The van der Waals surface area contributed by atoms with Gasteiger partial charge in [-0.1, -0.05) is 18.2 Å². The van der Waals surface area contributed by atoms with E-state index >= 15 is 0 Å². The van der Waals surface area contributed by atoms with Gasteiger partial charge >= 0.3 is 0 Å². The summed E-state index contributed by atoms with van der Waals surface area (Å²) in [5, 5.41) is 7.69. The van der Waals surface area contributed by atoms with Crippen LogP contribution in [0.1, 0.15) is 29.1 Å². The third-order valence-corrected chi connectivity index (χ3v) is 4.95. The molecule has 2 aromatic heterocycles. The zero-order valence-electron chi connectivity index (χ0n) is 17.5. The highest BCUT2D eigenvalue weighted by atomic mass is 16.5. The number of rotatable bonds is 7. The molecule has 4 aromatic rings. The highest BCUT2D eigenvalue weighted by molar-refractivity contribution is 6.00. The second-order valence-electron chi connectivity index (χ2n) is 6.95. The van der Waals surface area contributed by atoms with Gasteiger partial charge in [0.15, 0.2) is 11.5 Å². The first-order valence-electron chi connectivity index (χ1n) is 9.82. The Balaban J connectivity index is 1.76. The van der Waals surface area contributed by atoms with Gasteiger partial charge in [0.05, 0.1) is 37.8 Å². The van der Waals surface area contributed by atoms with Gasteiger partial charge in [0.25, 0.3) is 5.91 Å². The third-order valence-electron chi connectivity index (χ3n) is 4.95. The molecule has 158 valence electrons. The minimum absolute atomic E-state index is 0.254. The normalized spacial score (nSPS) is 11.7. The molecule has 0 fully saturated rings. The average molecular weight is 417 g/mol. The zero-order chi connectivity index (χ0) is 21.8. The minimum Gasteiger partial charge on any atom is -0.493 e. The van der Waals surface area contributed by atoms with Crippen molar-refractivity contribution in [1.29, 1.82) is 0 Å². The fourth-order valence-corrected chi connectivity index (χ4v) is 3.33. The van der Waals surface area contributed by atoms with Gasteiger partial charge in [-0.2, -0.15) is 5.10 Å². The number of carbonyl (C=O) groups excluding carboxylic acids is 1. The van der Waals surface area contributed by atoms with Crippen LogP contribution in [0.4, 0.5) is 0 Å². The molecule has 7 nitrogen and oxygen atoms in total. The molecular weight excluding hydrogens is 394 g/mol. The maximum absolute atomic E-state index is 13.2. The first-order chi connectivity index (χ1) is 15.1. The van der Waals surface area contributed by atoms with Gasteiger partial charge in [-0.25, -0.2) is 4.68 Å². The largest absolute Gasteiger partial charge is 0.493 e. The lowest BCUT2D eigenvalue weighted by atomic mass is 10.1. The number of ether oxygens (including phenoxy) is 2. The van der Waals surface area contributed by atoms with E-state index in [9.17, 15) is 4.79 Å². The summed E-state index contributed by atoms with van der Waals surface area (Å²) in [6, 6.07) is 18.4. The smallest absolute Gasteiger partial charge is 0.255 e. The van der Waals surface area contributed by atoms with Crippen LogP contribution in [-0.2, 0) is 0 Å². The Morgan fingerprint density at radius 1 is 1.03 bits per heavy atom. The molecule has 0 bridgehead atoms. The van der Waals surface area contributed by atoms with E-state index in [-0.39, 0.29) is 11.9 Å². The topological polar surface area (TPSA) is 78.5 Å². The molecule has 0 saturated carbocycles. The van der Waals surface area contributed by atoms with Crippen molar-refractivity contribution in [3.63, 3.8) is 0 Å². The van der Waals surface area contributed by atoms with Gasteiger partial charge in [0.1, 0.15) is 11.5 Å². The predicted octanol–water partition coefficient (Wildman–Crippen LogP) is 4.64. The molecule has 0 aliphatic carbocycles. The highest BCUT2D eigenvalue weighted by Gasteiger charge is 2.22. The van der Waals surface area contributed by atoms with Gasteiger partial charge in [-0.05, 0) is 49.4 Å². The molecule has 31 heavy (non-hydrogen) atoms. The number of nitrogens with zero attached hydrogens (tertiary/aromatic N) is 2. The summed E-state index contributed by atoms with van der Waals surface area (Å²) in [6.45, 7) is 1.87. The molecule has 0 spiro atoms. The minimum atomic E-state index is -0.291. The summed E-state index contributed by atoms with van der Waals surface area (Å²) in [7, 11) is 3.15. The van der Waals surface area contributed by atoms with Crippen LogP contribution in [-0.4, -0.2) is 29.9 Å². The number of benzene rings is 2. The summed E-state index contributed by atoms with van der Waals surface area (Å²) in [6.07, 6.45) is 3.31. The quantitative estimate of drug-likeness (QED) is 0.474. The van der Waals surface area contributed by atoms with Crippen molar-refractivity contribution in [1.82, 2.24) is 15.1 Å². The van der Waals surface area contributed by atoms with Crippen LogP contribution in [0.2, 0.25) is 0 Å². The zero-order valence-corrected chi connectivity index (χ0v) is 17.5. The second kappa shape index (κ2) is 8.79. The van der Waals surface area contributed by atoms with E-state index in [4.69, 9.17) is 19.0 Å². The molecule has 1 atom stereocenters. The number of aromatic nitrogens is 2. The molecule has 0 aliphatic rings. The molecule has 1 amide bonds. The van der Waals surface area contributed by atoms with Crippen molar-refractivity contribution in [2.75, 3.05) is 14.2 Å². The molecule has 0 saturated heterocycles. The van der Waals surface area contributed by atoms with Crippen LogP contribution in [0.5, 0.6) is 11.5 Å². The Morgan fingerprint density at radius 2 is 1.81 bits per heavy atom. The molecule has 1 N–H and O–H groups in total. The van der Waals surface area contributed by atoms with E-state index in [1.165, 1.54) is 0 Å². The van der Waals surface area contributed by atoms with Crippen molar-refractivity contribution in [3.8, 4) is 28.4 Å². The number of carbonyl (C=O) groups is 1. The first-order valence-corrected chi connectivity index (χ1v) is 9.82. The summed E-state index contributed by atoms with van der Waals surface area (Å²) in [5.74, 6) is 1.59.